The number of carbonyl (C=O) groups is 1. The Morgan fingerprint density at radius 3 is 2.57 bits per heavy atom. The van der Waals surface area contributed by atoms with Gasteiger partial charge in [0.2, 0.25) is 5.91 Å². The molecule has 0 heterocycles. The Hall–Kier alpha value is -2.08. The van der Waals surface area contributed by atoms with E-state index in [4.69, 9.17) is 4.74 Å². The maximum absolute atomic E-state index is 12.1. The molecule has 23 heavy (non-hydrogen) atoms. The van der Waals surface area contributed by atoms with Gasteiger partial charge in [0.25, 0.3) is 0 Å². The molecular formula is C17H28N4O2. The summed E-state index contributed by atoms with van der Waals surface area (Å²) in [4.78, 5) is 18.0. The summed E-state index contributed by atoms with van der Waals surface area (Å²) in [6.07, 6.45) is 1.35. The summed E-state index contributed by atoms with van der Waals surface area (Å²) in [7, 11) is 5.23. The third-order valence-corrected chi connectivity index (χ3v) is 3.36. The van der Waals surface area contributed by atoms with E-state index < -0.39 is 0 Å². The summed E-state index contributed by atoms with van der Waals surface area (Å²) in [5.74, 6) is 0.816. The Balaban J connectivity index is 2.24. The third kappa shape index (κ3) is 8.21. The molecule has 0 unspecified atom stereocenters. The number of guanidine groups is 1. The van der Waals surface area contributed by atoms with Gasteiger partial charge in [-0.3, -0.25) is 9.79 Å². The summed E-state index contributed by atoms with van der Waals surface area (Å²) in [5, 5.41) is 6.33. The number of carbonyl (C=O) groups excluding carboxylic acids is 1. The van der Waals surface area contributed by atoms with Crippen molar-refractivity contribution < 1.29 is 9.53 Å². The highest BCUT2D eigenvalue weighted by molar-refractivity contribution is 5.81. The minimum absolute atomic E-state index is 0.108. The van der Waals surface area contributed by atoms with Gasteiger partial charge in [-0.2, -0.15) is 0 Å². The predicted octanol–water partition coefficient (Wildman–Crippen LogP) is 1.24. The van der Waals surface area contributed by atoms with Crippen molar-refractivity contribution in [2.75, 3.05) is 40.9 Å². The molecule has 0 aliphatic carbocycles. The van der Waals surface area contributed by atoms with Gasteiger partial charge in [-0.25, -0.2) is 0 Å². The zero-order valence-corrected chi connectivity index (χ0v) is 14.3. The maximum atomic E-state index is 12.1. The minimum Gasteiger partial charge on any atom is -0.385 e. The lowest BCUT2D eigenvalue weighted by Crippen LogP contribution is -2.40. The van der Waals surface area contributed by atoms with Crippen molar-refractivity contribution in [1.29, 1.82) is 0 Å². The lowest BCUT2D eigenvalue weighted by molar-refractivity contribution is -0.130. The van der Waals surface area contributed by atoms with Crippen molar-refractivity contribution in [3.8, 4) is 0 Å². The van der Waals surface area contributed by atoms with E-state index >= 15 is 0 Å². The second-order valence-electron chi connectivity index (χ2n) is 5.26. The number of ether oxygens (including phenoxy) is 1. The number of aliphatic imine (C=N–C) groups is 1. The van der Waals surface area contributed by atoms with Crippen LogP contribution in [0.2, 0.25) is 0 Å². The summed E-state index contributed by atoms with van der Waals surface area (Å²) in [6, 6.07) is 9.98. The molecule has 0 radical (unpaired) electrons. The van der Waals surface area contributed by atoms with Crippen LogP contribution in [0.1, 0.15) is 18.4 Å². The average molecular weight is 320 g/mol. The number of benzene rings is 1. The van der Waals surface area contributed by atoms with Crippen LogP contribution in [0.25, 0.3) is 0 Å². The zero-order chi connectivity index (χ0) is 16.9. The Bertz CT molecular complexity index is 477. The number of hydrogen-bond donors (Lipinski definition) is 2. The molecule has 1 rings (SSSR count). The summed E-state index contributed by atoms with van der Waals surface area (Å²) in [5.41, 5.74) is 1.13. The summed E-state index contributed by atoms with van der Waals surface area (Å²) >= 11 is 0. The van der Waals surface area contributed by atoms with Gasteiger partial charge in [0, 0.05) is 53.9 Å². The number of hydrogen-bond acceptors (Lipinski definition) is 3. The summed E-state index contributed by atoms with van der Waals surface area (Å²) < 4.78 is 4.99. The van der Waals surface area contributed by atoms with Crippen molar-refractivity contribution in [3.05, 3.63) is 35.9 Å². The Labute approximate surface area is 138 Å². The molecule has 0 saturated heterocycles. The standard InChI is InChI=1S/C17H28N4O2/c1-18-17(19-11-7-13-23-3)20-12-10-16(22)21(2)14-15-8-5-4-6-9-15/h4-6,8-9H,7,10-14H2,1-3H3,(H2,18,19,20). The molecular weight excluding hydrogens is 292 g/mol. The SMILES string of the molecule is CN=C(NCCCOC)NCCC(=O)N(C)Cc1ccccc1. The lowest BCUT2D eigenvalue weighted by atomic mass is 10.2. The molecule has 2 N–H and O–H groups in total. The van der Waals surface area contributed by atoms with Crippen LogP contribution in [0.3, 0.4) is 0 Å². The van der Waals surface area contributed by atoms with Crippen LogP contribution in [0.4, 0.5) is 0 Å². The van der Waals surface area contributed by atoms with Crippen molar-refractivity contribution in [2.45, 2.75) is 19.4 Å². The first-order valence-corrected chi connectivity index (χ1v) is 7.88. The molecule has 1 aromatic carbocycles. The minimum atomic E-state index is 0.108. The first-order valence-electron chi connectivity index (χ1n) is 7.88. The highest BCUT2D eigenvalue weighted by atomic mass is 16.5. The smallest absolute Gasteiger partial charge is 0.224 e. The molecule has 0 aliphatic rings. The van der Waals surface area contributed by atoms with Gasteiger partial charge in [-0.1, -0.05) is 30.3 Å². The molecule has 0 saturated carbocycles. The number of amides is 1. The largest absolute Gasteiger partial charge is 0.385 e. The molecule has 0 spiro atoms. The number of nitrogens with one attached hydrogen (secondary N) is 2. The average Bonchev–Trinajstić information content (AvgIpc) is 2.57. The molecule has 0 bridgehead atoms. The zero-order valence-electron chi connectivity index (χ0n) is 14.3. The predicted molar refractivity (Wildman–Crippen MR) is 93.4 cm³/mol. The van der Waals surface area contributed by atoms with E-state index in [1.165, 1.54) is 0 Å². The van der Waals surface area contributed by atoms with E-state index in [-0.39, 0.29) is 5.91 Å². The number of rotatable bonds is 9. The van der Waals surface area contributed by atoms with Crippen LogP contribution < -0.4 is 10.6 Å². The Morgan fingerprint density at radius 2 is 1.91 bits per heavy atom. The van der Waals surface area contributed by atoms with E-state index in [0.29, 0.717) is 32.1 Å². The van der Waals surface area contributed by atoms with Crippen molar-refractivity contribution >= 4 is 11.9 Å². The van der Waals surface area contributed by atoms with Gasteiger partial charge in [-0.15, -0.1) is 0 Å². The van der Waals surface area contributed by atoms with Gasteiger partial charge in [0.15, 0.2) is 5.96 Å². The fraction of sp³-hybridized carbons (Fsp3) is 0.529. The lowest BCUT2D eigenvalue weighted by Gasteiger charge is -2.18. The Morgan fingerprint density at radius 1 is 1.22 bits per heavy atom. The second-order valence-corrected chi connectivity index (χ2v) is 5.26. The van der Waals surface area contributed by atoms with Gasteiger partial charge in [0.05, 0.1) is 0 Å². The van der Waals surface area contributed by atoms with E-state index in [1.54, 1.807) is 19.1 Å². The summed E-state index contributed by atoms with van der Waals surface area (Å²) in [6.45, 7) is 2.69. The highest BCUT2D eigenvalue weighted by Gasteiger charge is 2.09. The fourth-order valence-electron chi connectivity index (χ4n) is 2.07. The molecule has 6 nitrogen and oxygen atoms in total. The topological polar surface area (TPSA) is 66.0 Å². The molecule has 0 atom stereocenters. The molecule has 6 heteroatoms. The molecule has 1 aromatic rings. The van der Waals surface area contributed by atoms with E-state index in [1.807, 2.05) is 37.4 Å². The van der Waals surface area contributed by atoms with Crippen molar-refractivity contribution in [2.24, 2.45) is 4.99 Å². The molecule has 0 fully saturated rings. The van der Waals surface area contributed by atoms with Crippen molar-refractivity contribution in [1.82, 2.24) is 15.5 Å². The first-order chi connectivity index (χ1) is 11.2. The van der Waals surface area contributed by atoms with Crippen LogP contribution in [0.5, 0.6) is 0 Å². The van der Waals surface area contributed by atoms with Gasteiger partial charge in [-0.05, 0) is 12.0 Å². The van der Waals surface area contributed by atoms with Crippen LogP contribution in [0, 0.1) is 0 Å². The number of methoxy groups -OCH3 is 1. The molecule has 0 aliphatic heterocycles. The van der Waals surface area contributed by atoms with Crippen LogP contribution in [0.15, 0.2) is 35.3 Å². The fourth-order valence-corrected chi connectivity index (χ4v) is 2.07. The number of nitrogens with zero attached hydrogens (tertiary/aromatic N) is 2. The van der Waals surface area contributed by atoms with E-state index in [0.717, 1.165) is 18.5 Å². The van der Waals surface area contributed by atoms with Gasteiger partial charge in [0.1, 0.15) is 0 Å². The van der Waals surface area contributed by atoms with E-state index in [9.17, 15) is 4.79 Å². The quantitative estimate of drug-likeness (QED) is 0.408. The highest BCUT2D eigenvalue weighted by Crippen LogP contribution is 2.03. The molecule has 0 aromatic heterocycles. The van der Waals surface area contributed by atoms with Gasteiger partial charge < -0.3 is 20.3 Å². The normalized spacial score (nSPS) is 11.2. The van der Waals surface area contributed by atoms with Crippen LogP contribution in [-0.4, -0.2) is 57.7 Å². The molecule has 1 amide bonds. The van der Waals surface area contributed by atoms with Crippen LogP contribution in [-0.2, 0) is 16.1 Å². The second kappa shape index (κ2) is 11.5. The van der Waals surface area contributed by atoms with E-state index in [2.05, 4.69) is 15.6 Å². The Kier molecular flexibility index (Phi) is 9.47. The molecule has 128 valence electrons. The third-order valence-electron chi connectivity index (χ3n) is 3.36. The maximum Gasteiger partial charge on any atom is 0.224 e. The van der Waals surface area contributed by atoms with Crippen LogP contribution >= 0.6 is 0 Å². The monoisotopic (exact) mass is 320 g/mol. The van der Waals surface area contributed by atoms with Crippen molar-refractivity contribution in [3.63, 3.8) is 0 Å². The first kappa shape index (κ1) is 19.0. The van der Waals surface area contributed by atoms with Gasteiger partial charge >= 0.3 is 0 Å².